The minimum absolute atomic E-state index is 0.0678. The van der Waals surface area contributed by atoms with E-state index in [4.69, 9.17) is 11.6 Å². The number of carbonyl (C=O) groups excluding carboxylic acids is 1. The first kappa shape index (κ1) is 19.0. The predicted molar refractivity (Wildman–Crippen MR) is 102 cm³/mol. The van der Waals surface area contributed by atoms with E-state index in [9.17, 15) is 14.0 Å². The third kappa shape index (κ3) is 3.84. The Morgan fingerprint density at radius 3 is 2.59 bits per heavy atom. The van der Waals surface area contributed by atoms with Crippen molar-refractivity contribution in [2.24, 2.45) is 0 Å². The topological polar surface area (TPSA) is 67.2 Å². The number of amides is 1. The Morgan fingerprint density at radius 1 is 1.22 bits per heavy atom. The van der Waals surface area contributed by atoms with Crippen molar-refractivity contribution >= 4 is 28.3 Å². The Hall–Kier alpha value is -2.77. The van der Waals surface area contributed by atoms with E-state index in [0.717, 1.165) is 0 Å². The molecule has 0 aliphatic heterocycles. The summed E-state index contributed by atoms with van der Waals surface area (Å²) in [6.07, 6.45) is 0. The summed E-state index contributed by atoms with van der Waals surface area (Å²) in [5.41, 5.74) is 0.164. The Balaban J connectivity index is 1.98. The molecule has 8 heteroatoms. The highest BCUT2D eigenvalue weighted by atomic mass is 35.5. The summed E-state index contributed by atoms with van der Waals surface area (Å²) in [4.78, 5) is 26.6. The third-order valence-corrected chi connectivity index (χ3v) is 4.53. The largest absolute Gasteiger partial charge is 0.354 e. The number of rotatable bonds is 5. The summed E-state index contributed by atoms with van der Waals surface area (Å²) in [5.74, 6) is -0.807. The molecule has 0 saturated heterocycles. The van der Waals surface area contributed by atoms with Gasteiger partial charge in [0.15, 0.2) is 5.69 Å². The number of hydrogen-bond acceptors (Lipinski definition) is 4. The number of benzene rings is 2. The van der Waals surface area contributed by atoms with Gasteiger partial charge in [-0.1, -0.05) is 35.9 Å². The molecule has 1 aromatic heterocycles. The molecule has 0 bridgehead atoms. The Bertz CT molecular complexity index is 1050. The van der Waals surface area contributed by atoms with Gasteiger partial charge in [-0.3, -0.25) is 14.5 Å². The van der Waals surface area contributed by atoms with Gasteiger partial charge in [-0.05, 0) is 25.2 Å². The van der Waals surface area contributed by atoms with Crippen molar-refractivity contribution in [3.05, 3.63) is 74.9 Å². The zero-order valence-corrected chi connectivity index (χ0v) is 15.6. The van der Waals surface area contributed by atoms with Gasteiger partial charge in [0, 0.05) is 29.6 Å². The van der Waals surface area contributed by atoms with Crippen molar-refractivity contribution in [1.82, 2.24) is 20.0 Å². The smallest absolute Gasteiger partial charge is 0.275 e. The maximum Gasteiger partial charge on any atom is 0.275 e. The number of carbonyl (C=O) groups is 1. The number of aromatic nitrogens is 2. The molecular weight excluding hydrogens is 371 g/mol. The van der Waals surface area contributed by atoms with E-state index >= 15 is 0 Å². The molecule has 1 amide bonds. The highest BCUT2D eigenvalue weighted by molar-refractivity contribution is 6.31. The average molecular weight is 389 g/mol. The van der Waals surface area contributed by atoms with Crippen LogP contribution in [-0.2, 0) is 13.2 Å². The number of nitrogens with one attached hydrogen (secondary N) is 1. The zero-order chi connectivity index (χ0) is 19.6. The van der Waals surface area contributed by atoms with E-state index in [1.54, 1.807) is 42.3 Å². The molecule has 0 aliphatic rings. The van der Waals surface area contributed by atoms with Crippen LogP contribution < -0.4 is 10.9 Å². The van der Waals surface area contributed by atoms with E-state index in [2.05, 4.69) is 10.4 Å². The monoisotopic (exact) mass is 388 g/mol. The van der Waals surface area contributed by atoms with Crippen LogP contribution in [0.4, 0.5) is 4.39 Å². The van der Waals surface area contributed by atoms with Gasteiger partial charge in [0.1, 0.15) is 5.82 Å². The van der Waals surface area contributed by atoms with Gasteiger partial charge in [0.2, 0.25) is 0 Å². The molecule has 0 unspecified atom stereocenters. The van der Waals surface area contributed by atoms with Gasteiger partial charge in [-0.25, -0.2) is 9.07 Å². The molecule has 6 nitrogen and oxygen atoms in total. The van der Waals surface area contributed by atoms with Gasteiger partial charge >= 0.3 is 0 Å². The van der Waals surface area contributed by atoms with Crippen LogP contribution in [0.1, 0.15) is 16.1 Å². The molecule has 3 aromatic rings. The fourth-order valence-corrected chi connectivity index (χ4v) is 3.07. The number of hydrogen-bond donors (Lipinski definition) is 1. The zero-order valence-electron chi connectivity index (χ0n) is 14.9. The number of fused-ring (bicyclic) bond motifs is 1. The van der Waals surface area contributed by atoms with Crippen LogP contribution in [0.25, 0.3) is 10.8 Å². The summed E-state index contributed by atoms with van der Waals surface area (Å²) in [6, 6.07) is 11.3. The molecule has 3 rings (SSSR count). The van der Waals surface area contributed by atoms with Crippen LogP contribution >= 0.6 is 11.6 Å². The molecule has 0 atom stereocenters. The van der Waals surface area contributed by atoms with Gasteiger partial charge in [-0.2, -0.15) is 5.10 Å². The average Bonchev–Trinajstić information content (AvgIpc) is 2.66. The molecule has 0 aliphatic carbocycles. The van der Waals surface area contributed by atoms with Crippen LogP contribution in [-0.4, -0.2) is 34.7 Å². The Morgan fingerprint density at radius 2 is 1.93 bits per heavy atom. The summed E-state index contributed by atoms with van der Waals surface area (Å²) in [6.45, 7) is 0.250. The first-order chi connectivity index (χ1) is 12.9. The van der Waals surface area contributed by atoms with E-state index in [-0.39, 0.29) is 30.4 Å². The minimum Gasteiger partial charge on any atom is -0.354 e. The van der Waals surface area contributed by atoms with Crippen LogP contribution in [0.3, 0.4) is 0 Å². The lowest BCUT2D eigenvalue weighted by atomic mass is 10.1. The van der Waals surface area contributed by atoms with Crippen molar-refractivity contribution in [1.29, 1.82) is 0 Å². The van der Waals surface area contributed by atoms with Crippen LogP contribution in [0.5, 0.6) is 0 Å². The fraction of sp³-hybridized carbons (Fsp3) is 0.211. The molecule has 0 saturated carbocycles. The molecule has 2 aromatic carbocycles. The van der Waals surface area contributed by atoms with Crippen LogP contribution in [0.2, 0.25) is 5.02 Å². The molecule has 0 radical (unpaired) electrons. The van der Waals surface area contributed by atoms with Crippen molar-refractivity contribution in [2.75, 3.05) is 14.1 Å². The highest BCUT2D eigenvalue weighted by Gasteiger charge is 2.17. The van der Waals surface area contributed by atoms with Crippen LogP contribution in [0.15, 0.2) is 47.3 Å². The standard InChI is InChI=1S/C19H18ClFN4O2/c1-22-18(26)17-12-6-3-4-7-13(12)19(27)25(23-17)11-24(2)10-14-15(20)8-5-9-16(14)21/h3-9H,10-11H2,1-2H3,(H,22,26). The molecule has 140 valence electrons. The SMILES string of the molecule is CNC(=O)c1nn(CN(C)Cc2c(F)cccc2Cl)c(=O)c2ccccc12. The maximum absolute atomic E-state index is 14.0. The maximum atomic E-state index is 14.0. The fourth-order valence-electron chi connectivity index (χ4n) is 2.85. The summed E-state index contributed by atoms with van der Waals surface area (Å²) in [7, 11) is 3.21. The van der Waals surface area contributed by atoms with Crippen molar-refractivity contribution < 1.29 is 9.18 Å². The van der Waals surface area contributed by atoms with Crippen LogP contribution in [0, 0.1) is 5.82 Å². The molecule has 0 fully saturated rings. The van der Waals surface area contributed by atoms with Crippen molar-refractivity contribution in [3.63, 3.8) is 0 Å². The Labute approximate surface area is 160 Å². The number of nitrogens with zero attached hydrogens (tertiary/aromatic N) is 3. The van der Waals surface area contributed by atoms with E-state index in [0.29, 0.717) is 21.4 Å². The van der Waals surface area contributed by atoms with Gasteiger partial charge in [-0.15, -0.1) is 0 Å². The minimum atomic E-state index is -0.417. The molecule has 1 heterocycles. The van der Waals surface area contributed by atoms with Gasteiger partial charge < -0.3 is 5.32 Å². The van der Waals surface area contributed by atoms with E-state index in [1.807, 2.05) is 0 Å². The normalized spacial score (nSPS) is 11.1. The van der Waals surface area contributed by atoms with E-state index < -0.39 is 5.82 Å². The van der Waals surface area contributed by atoms with E-state index in [1.165, 1.54) is 23.9 Å². The number of halogens is 2. The lowest BCUT2D eigenvalue weighted by Crippen LogP contribution is -2.34. The third-order valence-electron chi connectivity index (χ3n) is 4.17. The molecular formula is C19H18ClFN4O2. The van der Waals surface area contributed by atoms with Crippen molar-refractivity contribution in [3.8, 4) is 0 Å². The quantitative estimate of drug-likeness (QED) is 0.729. The van der Waals surface area contributed by atoms with Gasteiger partial charge in [0.05, 0.1) is 12.1 Å². The first-order valence-corrected chi connectivity index (χ1v) is 8.63. The lowest BCUT2D eigenvalue weighted by molar-refractivity contribution is 0.0956. The molecule has 27 heavy (non-hydrogen) atoms. The summed E-state index contributed by atoms with van der Waals surface area (Å²) in [5, 5.41) is 7.94. The summed E-state index contributed by atoms with van der Waals surface area (Å²) < 4.78 is 15.2. The second kappa shape index (κ2) is 7.85. The lowest BCUT2D eigenvalue weighted by Gasteiger charge is -2.19. The molecule has 1 N–H and O–H groups in total. The molecule has 0 spiro atoms. The van der Waals surface area contributed by atoms with Crippen molar-refractivity contribution in [2.45, 2.75) is 13.2 Å². The Kier molecular flexibility index (Phi) is 5.53. The predicted octanol–water partition coefficient (Wildman–Crippen LogP) is 2.64. The first-order valence-electron chi connectivity index (χ1n) is 8.25. The second-order valence-electron chi connectivity index (χ2n) is 6.13. The second-order valence-corrected chi connectivity index (χ2v) is 6.54. The summed E-state index contributed by atoms with van der Waals surface area (Å²) >= 11 is 6.07. The highest BCUT2D eigenvalue weighted by Crippen LogP contribution is 2.20. The van der Waals surface area contributed by atoms with Gasteiger partial charge in [0.25, 0.3) is 11.5 Å².